The molecule has 2 rings (SSSR count). The maximum Gasteiger partial charge on any atom is 0.313 e. The minimum Gasteiger partial charge on any atom is -0.492 e. The third-order valence-electron chi connectivity index (χ3n) is 4.04. The molecule has 1 atom stereocenters. The maximum absolute atomic E-state index is 12.2. The quantitative estimate of drug-likeness (QED) is 0.721. The van der Waals surface area contributed by atoms with Crippen molar-refractivity contribution < 1.29 is 23.9 Å². The molecule has 8 heteroatoms. The summed E-state index contributed by atoms with van der Waals surface area (Å²) in [5.74, 6) is -0.950. The number of benzene rings is 1. The van der Waals surface area contributed by atoms with Crippen LogP contribution in [0.4, 0.5) is 0 Å². The second kappa shape index (κ2) is 9.43. The molecular weight excluding hydrogens is 360 g/mol. The lowest BCUT2D eigenvalue weighted by Gasteiger charge is -2.25. The van der Waals surface area contributed by atoms with Crippen LogP contribution in [0, 0.1) is 5.92 Å². The zero-order valence-electron chi connectivity index (χ0n) is 14.9. The van der Waals surface area contributed by atoms with Gasteiger partial charge < -0.3 is 19.7 Å². The maximum atomic E-state index is 12.2. The number of fused-ring (bicyclic) bond motifs is 1. The number of nitrogens with zero attached hydrogens (tertiary/aromatic N) is 1. The molecule has 0 aromatic heterocycles. The molecule has 0 unspecified atom stereocenters. The van der Waals surface area contributed by atoms with Gasteiger partial charge in [0.15, 0.2) is 6.61 Å². The number of hydrogen-bond acceptors (Lipinski definition) is 5. The highest BCUT2D eigenvalue weighted by atomic mass is 35.5. The standard InChI is InChI=1S/C18H23ClN2O5/c1-3-20-16(22)9-21(4-2)17(23)11-26-18(24)13-7-12-8-14(19)5-6-15(12)25-10-13/h5-6,8,13H,3-4,7,9-11H2,1-2H3,(H,20,22)/t13-/m1/s1. The number of carbonyl (C=O) groups excluding carboxylic acids is 3. The van der Waals surface area contributed by atoms with E-state index in [1.807, 2.05) is 0 Å². The van der Waals surface area contributed by atoms with Gasteiger partial charge in [-0.3, -0.25) is 14.4 Å². The van der Waals surface area contributed by atoms with Crippen molar-refractivity contribution in [3.8, 4) is 5.75 Å². The van der Waals surface area contributed by atoms with Gasteiger partial charge in [-0.15, -0.1) is 0 Å². The first-order chi connectivity index (χ1) is 12.4. The Bertz CT molecular complexity index is 680. The number of rotatable bonds is 7. The number of ether oxygens (including phenoxy) is 2. The Hall–Kier alpha value is -2.28. The first-order valence-electron chi connectivity index (χ1n) is 8.56. The number of nitrogens with one attached hydrogen (secondary N) is 1. The first-order valence-corrected chi connectivity index (χ1v) is 8.94. The van der Waals surface area contributed by atoms with E-state index in [2.05, 4.69) is 5.32 Å². The lowest BCUT2D eigenvalue weighted by atomic mass is 9.97. The highest BCUT2D eigenvalue weighted by Crippen LogP contribution is 2.30. The van der Waals surface area contributed by atoms with E-state index >= 15 is 0 Å². The molecular formula is C18H23ClN2O5. The summed E-state index contributed by atoms with van der Waals surface area (Å²) >= 11 is 5.97. The molecule has 1 aliphatic rings. The lowest BCUT2D eigenvalue weighted by Crippen LogP contribution is -2.42. The zero-order chi connectivity index (χ0) is 19.1. The van der Waals surface area contributed by atoms with E-state index in [4.69, 9.17) is 21.1 Å². The summed E-state index contributed by atoms with van der Waals surface area (Å²) in [5.41, 5.74) is 0.837. The SMILES string of the molecule is CCNC(=O)CN(CC)C(=O)COC(=O)[C@H]1COc2ccc(Cl)cc2C1. The van der Waals surface area contributed by atoms with Crippen LogP contribution >= 0.6 is 11.6 Å². The van der Waals surface area contributed by atoms with E-state index in [0.717, 1.165) is 5.56 Å². The predicted molar refractivity (Wildman–Crippen MR) is 96.0 cm³/mol. The number of carbonyl (C=O) groups is 3. The molecule has 1 heterocycles. The van der Waals surface area contributed by atoms with Crippen molar-refractivity contribution in [3.05, 3.63) is 28.8 Å². The van der Waals surface area contributed by atoms with Crippen molar-refractivity contribution in [2.75, 3.05) is 32.8 Å². The summed E-state index contributed by atoms with van der Waals surface area (Å²) < 4.78 is 10.7. The first kappa shape index (κ1) is 20.0. The number of esters is 1. The van der Waals surface area contributed by atoms with Crippen LogP contribution in [0.3, 0.4) is 0 Å². The molecule has 0 fully saturated rings. The highest BCUT2D eigenvalue weighted by Gasteiger charge is 2.28. The molecule has 0 bridgehead atoms. The van der Waals surface area contributed by atoms with E-state index in [0.29, 0.717) is 30.3 Å². The fourth-order valence-corrected chi connectivity index (χ4v) is 2.85. The van der Waals surface area contributed by atoms with Gasteiger partial charge in [0, 0.05) is 18.1 Å². The Balaban J connectivity index is 1.86. The van der Waals surface area contributed by atoms with Crippen LogP contribution in [0.1, 0.15) is 19.4 Å². The fourth-order valence-electron chi connectivity index (χ4n) is 2.66. The fraction of sp³-hybridized carbons (Fsp3) is 0.500. The minimum absolute atomic E-state index is 0.0564. The van der Waals surface area contributed by atoms with Crippen LogP contribution in [-0.4, -0.2) is 55.5 Å². The normalized spacial score (nSPS) is 15.4. The van der Waals surface area contributed by atoms with Gasteiger partial charge in [0.25, 0.3) is 5.91 Å². The molecule has 0 saturated carbocycles. The van der Waals surface area contributed by atoms with Crippen molar-refractivity contribution in [3.63, 3.8) is 0 Å². The van der Waals surface area contributed by atoms with Gasteiger partial charge >= 0.3 is 5.97 Å². The van der Waals surface area contributed by atoms with Gasteiger partial charge in [0.2, 0.25) is 5.91 Å². The summed E-state index contributed by atoms with van der Waals surface area (Å²) in [6, 6.07) is 5.25. The summed E-state index contributed by atoms with van der Waals surface area (Å²) in [6.45, 7) is 4.14. The second-order valence-corrected chi connectivity index (χ2v) is 6.37. The van der Waals surface area contributed by atoms with E-state index in [9.17, 15) is 14.4 Å². The summed E-state index contributed by atoms with van der Waals surface area (Å²) in [5, 5.41) is 3.20. The van der Waals surface area contributed by atoms with Crippen molar-refractivity contribution >= 4 is 29.4 Å². The number of halogens is 1. The topological polar surface area (TPSA) is 84.9 Å². The van der Waals surface area contributed by atoms with E-state index in [1.165, 1.54) is 4.90 Å². The molecule has 0 spiro atoms. The van der Waals surface area contributed by atoms with Crippen LogP contribution < -0.4 is 10.1 Å². The molecule has 1 N–H and O–H groups in total. The second-order valence-electron chi connectivity index (χ2n) is 5.93. The van der Waals surface area contributed by atoms with Crippen molar-refractivity contribution in [2.45, 2.75) is 20.3 Å². The lowest BCUT2D eigenvalue weighted by molar-refractivity contribution is -0.156. The largest absolute Gasteiger partial charge is 0.492 e. The summed E-state index contributed by atoms with van der Waals surface area (Å²) in [7, 11) is 0. The molecule has 0 radical (unpaired) electrons. The van der Waals surface area contributed by atoms with Crippen LogP contribution in [0.25, 0.3) is 0 Å². The molecule has 0 saturated heterocycles. The van der Waals surface area contributed by atoms with Gasteiger partial charge in [0.05, 0.1) is 12.5 Å². The summed E-state index contributed by atoms with van der Waals surface area (Å²) in [6.07, 6.45) is 0.444. The molecule has 1 aromatic rings. The van der Waals surface area contributed by atoms with Gasteiger partial charge in [-0.25, -0.2) is 0 Å². The smallest absolute Gasteiger partial charge is 0.313 e. The molecule has 0 aliphatic carbocycles. The molecule has 7 nitrogen and oxygen atoms in total. The van der Waals surface area contributed by atoms with Crippen LogP contribution in [0.5, 0.6) is 5.75 Å². The predicted octanol–water partition coefficient (Wildman–Crippen LogP) is 1.42. The monoisotopic (exact) mass is 382 g/mol. The van der Waals surface area contributed by atoms with Crippen LogP contribution in [-0.2, 0) is 25.5 Å². The van der Waals surface area contributed by atoms with E-state index < -0.39 is 24.4 Å². The van der Waals surface area contributed by atoms with Gasteiger partial charge in [0.1, 0.15) is 12.4 Å². The Kier molecular flexibility index (Phi) is 7.26. The van der Waals surface area contributed by atoms with Gasteiger partial charge in [-0.05, 0) is 44.0 Å². The molecule has 26 heavy (non-hydrogen) atoms. The third kappa shape index (κ3) is 5.36. The Morgan fingerprint density at radius 2 is 2.12 bits per heavy atom. The third-order valence-corrected chi connectivity index (χ3v) is 4.28. The van der Waals surface area contributed by atoms with E-state index in [-0.39, 0.29) is 19.1 Å². The Morgan fingerprint density at radius 1 is 1.35 bits per heavy atom. The number of likely N-dealkylation sites (N-methyl/N-ethyl adjacent to an activating group) is 2. The number of hydrogen-bond donors (Lipinski definition) is 1. The molecule has 1 aromatic carbocycles. The molecule has 2 amide bonds. The summed E-state index contributed by atoms with van der Waals surface area (Å²) in [4.78, 5) is 37.4. The van der Waals surface area contributed by atoms with Crippen molar-refractivity contribution in [2.24, 2.45) is 5.92 Å². The van der Waals surface area contributed by atoms with Crippen LogP contribution in [0.15, 0.2) is 18.2 Å². The Labute approximate surface area is 157 Å². The zero-order valence-corrected chi connectivity index (χ0v) is 15.7. The van der Waals surface area contributed by atoms with E-state index in [1.54, 1.807) is 32.0 Å². The average Bonchev–Trinajstić information content (AvgIpc) is 2.63. The highest BCUT2D eigenvalue weighted by molar-refractivity contribution is 6.30. The van der Waals surface area contributed by atoms with Gasteiger partial charge in [-0.1, -0.05) is 11.6 Å². The minimum atomic E-state index is -0.502. The van der Waals surface area contributed by atoms with Crippen molar-refractivity contribution in [1.29, 1.82) is 0 Å². The average molecular weight is 383 g/mol. The van der Waals surface area contributed by atoms with Gasteiger partial charge in [-0.2, -0.15) is 0 Å². The van der Waals surface area contributed by atoms with Crippen molar-refractivity contribution in [1.82, 2.24) is 10.2 Å². The van der Waals surface area contributed by atoms with Crippen LogP contribution in [0.2, 0.25) is 5.02 Å². The number of amides is 2. The molecule has 1 aliphatic heterocycles. The molecule has 142 valence electrons. The Morgan fingerprint density at radius 3 is 2.81 bits per heavy atom.